The van der Waals surface area contributed by atoms with Crippen LogP contribution in [0.5, 0.6) is 5.75 Å². The normalized spacial score (nSPS) is 11.4. The van der Waals surface area contributed by atoms with Crippen LogP contribution in [-0.4, -0.2) is 43.1 Å². The van der Waals surface area contributed by atoms with E-state index in [4.69, 9.17) is 9.47 Å². The Balaban J connectivity index is 1.82. The summed E-state index contributed by atoms with van der Waals surface area (Å²) in [6, 6.07) is 9.95. The summed E-state index contributed by atoms with van der Waals surface area (Å²) in [5, 5.41) is 10.7. The molecular weight excluding hydrogens is 306 g/mol. The lowest BCUT2D eigenvalue weighted by atomic mass is 10.2. The number of rotatable bonds is 8. The Hall–Kier alpha value is -2.54. The summed E-state index contributed by atoms with van der Waals surface area (Å²) in [5.41, 5.74) is 2.21. The molecule has 0 atom stereocenters. The minimum absolute atomic E-state index is 0.543. The van der Waals surface area contributed by atoms with Crippen molar-refractivity contribution in [2.45, 2.75) is 13.1 Å². The number of aryl methyl sites for hydroxylation is 1. The molecule has 7 heteroatoms. The van der Waals surface area contributed by atoms with Crippen LogP contribution in [0.25, 0.3) is 0 Å². The third kappa shape index (κ3) is 5.58. The molecule has 2 rings (SSSR count). The van der Waals surface area contributed by atoms with Gasteiger partial charge in [0.25, 0.3) is 0 Å². The maximum absolute atomic E-state index is 5.62. The fourth-order valence-electron chi connectivity index (χ4n) is 2.14. The summed E-state index contributed by atoms with van der Waals surface area (Å²) in [7, 11) is 5.33. The van der Waals surface area contributed by atoms with Crippen molar-refractivity contribution >= 4 is 5.96 Å². The van der Waals surface area contributed by atoms with Crippen molar-refractivity contribution < 1.29 is 9.47 Å². The number of hydrogen-bond donors (Lipinski definition) is 2. The summed E-state index contributed by atoms with van der Waals surface area (Å²) in [6.45, 7) is 2.44. The first kappa shape index (κ1) is 17.8. The molecule has 1 aromatic carbocycles. The number of nitrogens with one attached hydrogen (secondary N) is 2. The van der Waals surface area contributed by atoms with Gasteiger partial charge in [-0.1, -0.05) is 12.1 Å². The third-order valence-electron chi connectivity index (χ3n) is 3.50. The summed E-state index contributed by atoms with van der Waals surface area (Å²) < 4.78 is 12.4. The number of methoxy groups -OCH3 is 1. The van der Waals surface area contributed by atoms with Gasteiger partial charge in [-0.2, -0.15) is 5.10 Å². The van der Waals surface area contributed by atoms with E-state index >= 15 is 0 Å². The fourth-order valence-corrected chi connectivity index (χ4v) is 2.14. The molecule has 0 spiro atoms. The zero-order valence-electron chi connectivity index (χ0n) is 14.5. The zero-order valence-corrected chi connectivity index (χ0v) is 14.5. The average molecular weight is 331 g/mol. The van der Waals surface area contributed by atoms with E-state index in [0.29, 0.717) is 26.3 Å². The highest BCUT2D eigenvalue weighted by molar-refractivity contribution is 5.79. The van der Waals surface area contributed by atoms with Crippen LogP contribution < -0.4 is 15.4 Å². The molecule has 1 heterocycles. The Morgan fingerprint density at radius 3 is 2.75 bits per heavy atom. The van der Waals surface area contributed by atoms with Gasteiger partial charge in [-0.05, 0) is 23.8 Å². The number of hydrogen-bond acceptors (Lipinski definition) is 4. The molecular formula is C17H25N5O2. The van der Waals surface area contributed by atoms with Crippen LogP contribution >= 0.6 is 0 Å². The minimum Gasteiger partial charge on any atom is -0.491 e. The highest BCUT2D eigenvalue weighted by atomic mass is 16.5. The van der Waals surface area contributed by atoms with E-state index in [1.807, 2.05) is 42.1 Å². The van der Waals surface area contributed by atoms with E-state index in [9.17, 15) is 0 Å². The lowest BCUT2D eigenvalue weighted by molar-refractivity contribution is 0.146. The molecule has 7 nitrogen and oxygen atoms in total. The number of aromatic nitrogens is 2. The molecule has 24 heavy (non-hydrogen) atoms. The second kappa shape index (κ2) is 9.57. The number of aliphatic imine (C=N–C) groups is 1. The molecule has 2 aromatic rings. The summed E-state index contributed by atoms with van der Waals surface area (Å²) in [6.07, 6.45) is 1.78. The van der Waals surface area contributed by atoms with Crippen molar-refractivity contribution in [3.8, 4) is 5.75 Å². The van der Waals surface area contributed by atoms with Crippen LogP contribution in [0, 0.1) is 0 Å². The molecule has 0 saturated carbocycles. The van der Waals surface area contributed by atoms with Gasteiger partial charge >= 0.3 is 0 Å². The molecule has 2 N–H and O–H groups in total. The van der Waals surface area contributed by atoms with Crippen molar-refractivity contribution in [3.05, 3.63) is 47.8 Å². The lowest BCUT2D eigenvalue weighted by Gasteiger charge is -2.13. The fraction of sp³-hybridized carbons (Fsp3) is 0.412. The quantitative estimate of drug-likeness (QED) is 0.433. The Kier molecular flexibility index (Phi) is 7.10. The largest absolute Gasteiger partial charge is 0.491 e. The van der Waals surface area contributed by atoms with E-state index in [1.54, 1.807) is 20.4 Å². The van der Waals surface area contributed by atoms with Gasteiger partial charge in [0.05, 0.1) is 18.8 Å². The van der Waals surface area contributed by atoms with Crippen molar-refractivity contribution in [2.75, 3.05) is 27.4 Å². The van der Waals surface area contributed by atoms with Crippen molar-refractivity contribution in [3.63, 3.8) is 0 Å². The van der Waals surface area contributed by atoms with E-state index in [0.717, 1.165) is 23.0 Å². The standard InChI is InChI=1S/C17H25N5O2/c1-18-17(20-13-15-7-8-21-22(15)2)19-12-14-5-4-6-16(11-14)24-10-9-23-3/h4-8,11H,9-10,12-13H2,1-3H3,(H2,18,19,20). The number of ether oxygens (including phenoxy) is 2. The zero-order chi connectivity index (χ0) is 17.2. The number of guanidine groups is 1. The molecule has 0 unspecified atom stereocenters. The van der Waals surface area contributed by atoms with Crippen LogP contribution in [0.3, 0.4) is 0 Å². The Morgan fingerprint density at radius 2 is 2.04 bits per heavy atom. The molecule has 0 fully saturated rings. The predicted octanol–water partition coefficient (Wildman–Crippen LogP) is 1.31. The van der Waals surface area contributed by atoms with E-state index in [1.165, 1.54) is 0 Å². The van der Waals surface area contributed by atoms with Gasteiger partial charge in [0, 0.05) is 33.9 Å². The van der Waals surface area contributed by atoms with Crippen LogP contribution in [0.2, 0.25) is 0 Å². The molecule has 0 aliphatic heterocycles. The Labute approximate surface area is 142 Å². The predicted molar refractivity (Wildman–Crippen MR) is 94.1 cm³/mol. The maximum Gasteiger partial charge on any atom is 0.191 e. The molecule has 130 valence electrons. The summed E-state index contributed by atoms with van der Waals surface area (Å²) in [5.74, 6) is 1.58. The lowest BCUT2D eigenvalue weighted by Crippen LogP contribution is -2.36. The Bertz CT molecular complexity index is 654. The number of nitrogens with zero attached hydrogens (tertiary/aromatic N) is 3. The van der Waals surface area contributed by atoms with Gasteiger partial charge in [-0.15, -0.1) is 0 Å². The summed E-state index contributed by atoms with van der Waals surface area (Å²) in [4.78, 5) is 4.23. The van der Waals surface area contributed by atoms with Gasteiger partial charge in [0.1, 0.15) is 12.4 Å². The van der Waals surface area contributed by atoms with E-state index < -0.39 is 0 Å². The van der Waals surface area contributed by atoms with Crippen molar-refractivity contribution in [2.24, 2.45) is 12.0 Å². The first-order valence-corrected chi connectivity index (χ1v) is 7.85. The van der Waals surface area contributed by atoms with E-state index in [2.05, 4.69) is 20.7 Å². The molecule has 1 aromatic heterocycles. The highest BCUT2D eigenvalue weighted by Gasteiger charge is 2.02. The third-order valence-corrected chi connectivity index (χ3v) is 3.50. The van der Waals surface area contributed by atoms with Gasteiger partial charge in [-0.25, -0.2) is 0 Å². The molecule has 0 aliphatic carbocycles. The minimum atomic E-state index is 0.543. The van der Waals surface area contributed by atoms with Gasteiger partial charge in [-0.3, -0.25) is 9.67 Å². The Morgan fingerprint density at radius 1 is 1.21 bits per heavy atom. The van der Waals surface area contributed by atoms with Gasteiger partial charge < -0.3 is 20.1 Å². The first-order valence-electron chi connectivity index (χ1n) is 7.85. The first-order chi connectivity index (χ1) is 11.7. The smallest absolute Gasteiger partial charge is 0.191 e. The van der Waals surface area contributed by atoms with Crippen LogP contribution in [0.15, 0.2) is 41.5 Å². The second-order valence-corrected chi connectivity index (χ2v) is 5.21. The van der Waals surface area contributed by atoms with Gasteiger partial charge in [0.2, 0.25) is 0 Å². The highest BCUT2D eigenvalue weighted by Crippen LogP contribution is 2.13. The summed E-state index contributed by atoms with van der Waals surface area (Å²) >= 11 is 0. The topological polar surface area (TPSA) is 72.7 Å². The van der Waals surface area contributed by atoms with Crippen LogP contribution in [0.1, 0.15) is 11.3 Å². The molecule has 0 saturated heterocycles. The molecule has 0 bridgehead atoms. The monoisotopic (exact) mass is 331 g/mol. The van der Waals surface area contributed by atoms with Crippen LogP contribution in [0.4, 0.5) is 0 Å². The average Bonchev–Trinajstić information content (AvgIpc) is 3.01. The SMILES string of the molecule is CN=C(NCc1cccc(OCCOC)c1)NCc1ccnn1C. The second-order valence-electron chi connectivity index (χ2n) is 5.21. The van der Waals surface area contributed by atoms with Gasteiger partial charge in [0.15, 0.2) is 5.96 Å². The van der Waals surface area contributed by atoms with E-state index in [-0.39, 0.29) is 0 Å². The van der Waals surface area contributed by atoms with Crippen molar-refractivity contribution in [1.29, 1.82) is 0 Å². The molecule has 0 aliphatic rings. The molecule has 0 amide bonds. The molecule has 0 radical (unpaired) electrons. The van der Waals surface area contributed by atoms with Crippen LogP contribution in [-0.2, 0) is 24.9 Å². The van der Waals surface area contributed by atoms with Crippen molar-refractivity contribution in [1.82, 2.24) is 20.4 Å². The maximum atomic E-state index is 5.62. The number of benzene rings is 1.